The van der Waals surface area contributed by atoms with E-state index >= 15 is 0 Å². The summed E-state index contributed by atoms with van der Waals surface area (Å²) >= 11 is 0. The molecule has 1 unspecified atom stereocenters. The van der Waals surface area contributed by atoms with Crippen LogP contribution in [0.25, 0.3) is 5.69 Å². The van der Waals surface area contributed by atoms with Gasteiger partial charge in [-0.15, -0.1) is 24.0 Å². The molecule has 166 valence electrons. The van der Waals surface area contributed by atoms with Gasteiger partial charge in [-0.3, -0.25) is 4.99 Å². The van der Waals surface area contributed by atoms with Crippen LogP contribution in [0, 0.1) is 12.3 Å². The van der Waals surface area contributed by atoms with Gasteiger partial charge < -0.3 is 20.5 Å². The normalized spacial score (nSPS) is 18.8. The van der Waals surface area contributed by atoms with Crippen LogP contribution in [0.2, 0.25) is 0 Å². The highest BCUT2D eigenvalue weighted by atomic mass is 127. The van der Waals surface area contributed by atoms with Crippen molar-refractivity contribution in [3.05, 3.63) is 47.8 Å². The molecule has 0 amide bonds. The lowest BCUT2D eigenvalue weighted by molar-refractivity contribution is 0.127. The Morgan fingerprint density at radius 1 is 1.30 bits per heavy atom. The Morgan fingerprint density at radius 3 is 2.77 bits per heavy atom. The number of benzene rings is 1. The van der Waals surface area contributed by atoms with Gasteiger partial charge in [-0.1, -0.05) is 18.2 Å². The second-order valence-corrected chi connectivity index (χ2v) is 7.75. The van der Waals surface area contributed by atoms with E-state index in [4.69, 9.17) is 4.74 Å². The van der Waals surface area contributed by atoms with Crippen LogP contribution in [0.15, 0.2) is 41.5 Å². The summed E-state index contributed by atoms with van der Waals surface area (Å²) in [5.41, 5.74) is 3.43. The zero-order chi connectivity index (χ0) is 20.5. The highest BCUT2D eigenvalue weighted by Crippen LogP contribution is 2.31. The standard InChI is InChI=1S/C22H33N5O2.HI/c1-18-19(15-27(26-18)20-8-4-3-5-9-20)7-6-12-24-21(23-2)25-16-22(10-13-28)11-14-29-17-22;/h3-5,8-9,15,28H,6-7,10-14,16-17H2,1-2H3,(H2,23,24,25);1H. The van der Waals surface area contributed by atoms with E-state index in [1.54, 1.807) is 7.05 Å². The van der Waals surface area contributed by atoms with Gasteiger partial charge in [0.2, 0.25) is 0 Å². The molecule has 3 rings (SSSR count). The number of guanidine groups is 1. The fourth-order valence-electron chi connectivity index (χ4n) is 3.74. The molecule has 1 aliphatic rings. The average Bonchev–Trinajstić information content (AvgIpc) is 3.35. The molecule has 30 heavy (non-hydrogen) atoms. The predicted molar refractivity (Wildman–Crippen MR) is 131 cm³/mol. The van der Waals surface area contributed by atoms with Crippen molar-refractivity contribution in [3.63, 3.8) is 0 Å². The van der Waals surface area contributed by atoms with Crippen molar-refractivity contribution >= 4 is 29.9 Å². The van der Waals surface area contributed by atoms with E-state index in [0.717, 1.165) is 62.7 Å². The maximum absolute atomic E-state index is 9.36. The van der Waals surface area contributed by atoms with Gasteiger partial charge in [0.1, 0.15) is 0 Å². The first-order valence-corrected chi connectivity index (χ1v) is 10.4. The number of hydrogen-bond donors (Lipinski definition) is 3. The van der Waals surface area contributed by atoms with Gasteiger partial charge in [-0.05, 0) is 50.3 Å². The number of ether oxygens (including phenoxy) is 1. The SMILES string of the molecule is CN=C(NCCCc1cn(-c2ccccc2)nc1C)NCC1(CCO)CCOC1.I. The topological polar surface area (TPSA) is 83.7 Å². The summed E-state index contributed by atoms with van der Waals surface area (Å²) < 4.78 is 7.50. The van der Waals surface area contributed by atoms with E-state index < -0.39 is 0 Å². The summed E-state index contributed by atoms with van der Waals surface area (Å²) in [7, 11) is 1.78. The minimum atomic E-state index is 0. The first kappa shape index (κ1) is 24.6. The molecule has 0 saturated carbocycles. The highest BCUT2D eigenvalue weighted by molar-refractivity contribution is 14.0. The monoisotopic (exact) mass is 527 g/mol. The van der Waals surface area contributed by atoms with E-state index in [2.05, 4.69) is 46.0 Å². The Balaban J connectivity index is 0.00000320. The summed E-state index contributed by atoms with van der Waals surface area (Å²) in [6.07, 6.45) is 5.80. The third-order valence-corrected chi connectivity index (χ3v) is 5.62. The molecular weight excluding hydrogens is 493 g/mol. The first-order valence-electron chi connectivity index (χ1n) is 10.4. The van der Waals surface area contributed by atoms with Gasteiger partial charge in [0.25, 0.3) is 0 Å². The molecule has 1 fully saturated rings. The summed E-state index contributed by atoms with van der Waals surface area (Å²) in [6, 6.07) is 10.2. The number of rotatable bonds is 9. The van der Waals surface area contributed by atoms with E-state index in [-0.39, 0.29) is 36.0 Å². The molecule has 3 N–H and O–H groups in total. The van der Waals surface area contributed by atoms with Crippen LogP contribution in [0.5, 0.6) is 0 Å². The van der Waals surface area contributed by atoms with E-state index in [9.17, 15) is 5.11 Å². The summed E-state index contributed by atoms with van der Waals surface area (Å²) in [5.74, 6) is 0.797. The molecule has 1 aliphatic heterocycles. The number of aliphatic hydroxyl groups excluding tert-OH is 1. The Kier molecular flexibility index (Phi) is 10.1. The number of hydrogen-bond acceptors (Lipinski definition) is 4. The molecule has 2 aromatic rings. The molecule has 7 nitrogen and oxygen atoms in total. The summed E-state index contributed by atoms with van der Waals surface area (Å²) in [4.78, 5) is 4.32. The second-order valence-electron chi connectivity index (χ2n) is 7.75. The van der Waals surface area contributed by atoms with Crippen molar-refractivity contribution in [1.29, 1.82) is 0 Å². The van der Waals surface area contributed by atoms with Crippen LogP contribution in [0.4, 0.5) is 0 Å². The molecule has 0 spiro atoms. The van der Waals surface area contributed by atoms with Crippen LogP contribution in [-0.4, -0.2) is 60.8 Å². The fraction of sp³-hybridized carbons (Fsp3) is 0.545. The van der Waals surface area contributed by atoms with Crippen molar-refractivity contribution in [2.45, 2.75) is 32.6 Å². The van der Waals surface area contributed by atoms with Crippen LogP contribution in [0.3, 0.4) is 0 Å². The van der Waals surface area contributed by atoms with Gasteiger partial charge in [0.05, 0.1) is 18.0 Å². The number of para-hydroxylation sites is 1. The Labute approximate surface area is 196 Å². The third kappa shape index (κ3) is 6.68. The maximum atomic E-state index is 9.36. The predicted octanol–water partition coefficient (Wildman–Crippen LogP) is 2.69. The van der Waals surface area contributed by atoms with Gasteiger partial charge in [0, 0.05) is 45.0 Å². The average molecular weight is 527 g/mol. The Bertz CT molecular complexity index is 788. The van der Waals surface area contributed by atoms with Crippen LogP contribution < -0.4 is 10.6 Å². The van der Waals surface area contributed by atoms with E-state index in [0.29, 0.717) is 6.61 Å². The minimum Gasteiger partial charge on any atom is -0.396 e. The zero-order valence-corrected chi connectivity index (χ0v) is 20.3. The first-order chi connectivity index (χ1) is 14.2. The summed E-state index contributed by atoms with van der Waals surface area (Å²) in [5, 5.41) is 20.8. The van der Waals surface area contributed by atoms with Gasteiger partial charge in [-0.25, -0.2) is 4.68 Å². The molecule has 1 saturated heterocycles. The number of halogens is 1. The van der Waals surface area contributed by atoms with E-state index in [1.165, 1.54) is 5.56 Å². The van der Waals surface area contributed by atoms with Crippen molar-refractivity contribution in [2.75, 3.05) is 40.0 Å². The van der Waals surface area contributed by atoms with Gasteiger partial charge in [0.15, 0.2) is 5.96 Å². The lowest BCUT2D eigenvalue weighted by Crippen LogP contribution is -2.44. The molecule has 0 aliphatic carbocycles. The van der Waals surface area contributed by atoms with Gasteiger partial charge in [-0.2, -0.15) is 5.10 Å². The van der Waals surface area contributed by atoms with Crippen molar-refractivity contribution in [1.82, 2.24) is 20.4 Å². The largest absolute Gasteiger partial charge is 0.396 e. The minimum absolute atomic E-state index is 0. The highest BCUT2D eigenvalue weighted by Gasteiger charge is 2.34. The van der Waals surface area contributed by atoms with Gasteiger partial charge >= 0.3 is 0 Å². The molecular formula is C22H34IN5O2. The van der Waals surface area contributed by atoms with Crippen LogP contribution >= 0.6 is 24.0 Å². The maximum Gasteiger partial charge on any atom is 0.190 e. The lowest BCUT2D eigenvalue weighted by Gasteiger charge is -2.27. The quantitative estimate of drug-likeness (QED) is 0.202. The van der Waals surface area contributed by atoms with Crippen molar-refractivity contribution < 1.29 is 9.84 Å². The number of aliphatic imine (C=N–C) groups is 1. The second kappa shape index (κ2) is 12.3. The fourth-order valence-corrected chi connectivity index (χ4v) is 3.74. The van der Waals surface area contributed by atoms with Crippen molar-refractivity contribution in [2.24, 2.45) is 10.4 Å². The molecule has 1 atom stereocenters. The molecule has 1 aromatic heterocycles. The van der Waals surface area contributed by atoms with Crippen LogP contribution in [-0.2, 0) is 11.2 Å². The number of aryl methyl sites for hydroxylation is 2. The number of nitrogens with one attached hydrogen (secondary N) is 2. The molecule has 2 heterocycles. The number of nitrogens with zero attached hydrogens (tertiary/aromatic N) is 3. The number of aliphatic hydroxyl groups is 1. The Morgan fingerprint density at radius 2 is 2.10 bits per heavy atom. The molecule has 1 aromatic carbocycles. The number of aromatic nitrogens is 2. The third-order valence-electron chi connectivity index (χ3n) is 5.62. The zero-order valence-electron chi connectivity index (χ0n) is 17.9. The Hall–Kier alpha value is -1.65. The molecule has 0 bridgehead atoms. The summed E-state index contributed by atoms with van der Waals surface area (Å²) in [6.45, 7) is 5.31. The molecule has 0 radical (unpaired) electrons. The lowest BCUT2D eigenvalue weighted by atomic mass is 9.84. The van der Waals surface area contributed by atoms with Crippen LogP contribution in [0.1, 0.15) is 30.5 Å². The van der Waals surface area contributed by atoms with E-state index in [1.807, 2.05) is 22.9 Å². The smallest absolute Gasteiger partial charge is 0.190 e. The van der Waals surface area contributed by atoms with Crippen molar-refractivity contribution in [3.8, 4) is 5.69 Å². The molecule has 8 heteroatoms.